The van der Waals surface area contributed by atoms with Crippen LogP contribution in [0.25, 0.3) is 11.1 Å². The Morgan fingerprint density at radius 2 is 1.51 bits per heavy atom. The summed E-state index contributed by atoms with van der Waals surface area (Å²) < 4.78 is 11.6. The summed E-state index contributed by atoms with van der Waals surface area (Å²) in [5, 5.41) is 14.8. The van der Waals surface area contributed by atoms with Gasteiger partial charge in [-0.2, -0.15) is 0 Å². The fourth-order valence-electron chi connectivity index (χ4n) is 5.19. The molecule has 2 atom stereocenters. The molecule has 0 bridgehead atoms. The monoisotopic (exact) mass is 528 g/mol. The number of carbonyl (C=O) groups is 3. The van der Waals surface area contributed by atoms with Crippen molar-refractivity contribution in [3.05, 3.63) is 95.6 Å². The first-order valence-electron chi connectivity index (χ1n) is 13.2. The van der Waals surface area contributed by atoms with Gasteiger partial charge < -0.3 is 25.2 Å². The molecule has 2 aliphatic rings. The molecule has 0 heterocycles. The molecule has 3 aromatic carbocycles. The molecule has 1 fully saturated rings. The minimum atomic E-state index is -1.07. The molecule has 2 aliphatic carbocycles. The summed E-state index contributed by atoms with van der Waals surface area (Å²) in [6, 6.07) is 24.5. The number of fused-ring (bicyclic) bond motifs is 3. The molecule has 39 heavy (non-hydrogen) atoms. The van der Waals surface area contributed by atoms with Gasteiger partial charge in [0.25, 0.3) is 0 Å². The number of aliphatic carboxylic acids is 1. The molecule has 3 aromatic rings. The fraction of sp³-hybridized carbons (Fsp3) is 0.323. The molecular weight excluding hydrogens is 496 g/mol. The second kappa shape index (κ2) is 11.3. The van der Waals surface area contributed by atoms with Crippen molar-refractivity contribution in [3.63, 3.8) is 0 Å². The number of ether oxygens (including phenoxy) is 2. The lowest BCUT2D eigenvalue weighted by Crippen LogP contribution is -2.56. The minimum absolute atomic E-state index is 0.108. The van der Waals surface area contributed by atoms with Gasteiger partial charge in [-0.15, -0.1) is 0 Å². The van der Waals surface area contributed by atoms with Crippen LogP contribution >= 0.6 is 0 Å². The standard InChI is InChI=1S/C31H32N2O6/c1-20(38-18-21-9-3-2-4-10-21)28(29(36)33-31(15-16-31)17-27(34)35)32-30(37)39-19-26-24-13-7-5-11-22(24)23-12-6-8-14-25(23)26/h2-14,20,26,28H,15-19H2,1H3,(H,32,37)(H,33,36)(H,34,35). The van der Waals surface area contributed by atoms with E-state index in [0.717, 1.165) is 27.8 Å². The maximum Gasteiger partial charge on any atom is 0.407 e. The minimum Gasteiger partial charge on any atom is -0.481 e. The third-order valence-corrected chi connectivity index (χ3v) is 7.46. The van der Waals surface area contributed by atoms with Crippen LogP contribution in [0, 0.1) is 0 Å². The van der Waals surface area contributed by atoms with Gasteiger partial charge in [0, 0.05) is 5.92 Å². The van der Waals surface area contributed by atoms with Crippen molar-refractivity contribution in [1.29, 1.82) is 0 Å². The van der Waals surface area contributed by atoms with Crippen LogP contribution in [0.4, 0.5) is 4.79 Å². The highest BCUT2D eigenvalue weighted by Crippen LogP contribution is 2.44. The van der Waals surface area contributed by atoms with Crippen LogP contribution in [0.15, 0.2) is 78.9 Å². The van der Waals surface area contributed by atoms with Crippen molar-refractivity contribution >= 4 is 18.0 Å². The Hall–Kier alpha value is -4.17. The summed E-state index contributed by atoms with van der Waals surface area (Å²) in [6.45, 7) is 2.06. The van der Waals surface area contributed by atoms with E-state index in [-0.39, 0.29) is 25.6 Å². The van der Waals surface area contributed by atoms with Crippen LogP contribution in [0.2, 0.25) is 0 Å². The van der Waals surface area contributed by atoms with Gasteiger partial charge in [0.1, 0.15) is 12.6 Å². The lowest BCUT2D eigenvalue weighted by atomic mass is 9.98. The summed E-state index contributed by atoms with van der Waals surface area (Å²) in [4.78, 5) is 37.6. The lowest BCUT2D eigenvalue weighted by Gasteiger charge is -2.27. The first-order valence-corrected chi connectivity index (χ1v) is 13.2. The Morgan fingerprint density at radius 3 is 2.10 bits per heavy atom. The predicted octanol–water partition coefficient (Wildman–Crippen LogP) is 4.62. The first-order chi connectivity index (χ1) is 18.8. The number of carboxylic acids is 1. The van der Waals surface area contributed by atoms with Crippen molar-refractivity contribution in [1.82, 2.24) is 10.6 Å². The molecule has 5 rings (SSSR count). The maximum absolute atomic E-state index is 13.3. The molecule has 8 nitrogen and oxygen atoms in total. The molecule has 202 valence electrons. The second-order valence-electron chi connectivity index (χ2n) is 10.3. The van der Waals surface area contributed by atoms with Crippen molar-refractivity contribution in [2.24, 2.45) is 0 Å². The zero-order valence-electron chi connectivity index (χ0n) is 21.8. The van der Waals surface area contributed by atoms with E-state index in [4.69, 9.17) is 9.47 Å². The van der Waals surface area contributed by atoms with Gasteiger partial charge >= 0.3 is 12.1 Å². The van der Waals surface area contributed by atoms with Gasteiger partial charge in [0.2, 0.25) is 5.91 Å². The maximum atomic E-state index is 13.3. The fourth-order valence-corrected chi connectivity index (χ4v) is 5.19. The van der Waals surface area contributed by atoms with E-state index >= 15 is 0 Å². The van der Waals surface area contributed by atoms with Crippen LogP contribution in [-0.4, -0.2) is 47.4 Å². The van der Waals surface area contributed by atoms with Crippen molar-refractivity contribution in [2.45, 2.75) is 56.4 Å². The number of rotatable bonds is 11. The van der Waals surface area contributed by atoms with Crippen LogP contribution in [0.5, 0.6) is 0 Å². The Balaban J connectivity index is 1.26. The summed E-state index contributed by atoms with van der Waals surface area (Å²) in [5.74, 6) is -1.60. The molecule has 0 radical (unpaired) electrons. The normalized spacial score (nSPS) is 16.3. The Bertz CT molecular complexity index is 1310. The van der Waals surface area contributed by atoms with Crippen molar-refractivity contribution < 1.29 is 29.0 Å². The molecule has 0 spiro atoms. The number of nitrogens with one attached hydrogen (secondary N) is 2. The van der Waals surface area contributed by atoms with E-state index in [1.54, 1.807) is 6.92 Å². The SMILES string of the molecule is CC(OCc1ccccc1)C(NC(=O)OCC1c2ccccc2-c2ccccc21)C(=O)NC1(CC(=O)O)CC1. The number of alkyl carbamates (subject to hydrolysis) is 1. The van der Waals surface area contributed by atoms with Crippen LogP contribution in [0.1, 0.15) is 48.8 Å². The number of hydrogen-bond acceptors (Lipinski definition) is 5. The topological polar surface area (TPSA) is 114 Å². The van der Waals surface area contributed by atoms with E-state index in [0.29, 0.717) is 12.8 Å². The number of carboxylic acid groups (broad SMARTS) is 1. The van der Waals surface area contributed by atoms with E-state index in [1.165, 1.54) is 0 Å². The van der Waals surface area contributed by atoms with Crippen molar-refractivity contribution in [3.8, 4) is 11.1 Å². The highest BCUT2D eigenvalue weighted by Gasteiger charge is 2.47. The molecule has 0 aliphatic heterocycles. The van der Waals surface area contributed by atoms with E-state index in [2.05, 4.69) is 22.8 Å². The highest BCUT2D eigenvalue weighted by atomic mass is 16.5. The zero-order chi connectivity index (χ0) is 27.4. The molecule has 1 saturated carbocycles. The number of carbonyl (C=O) groups excluding carboxylic acids is 2. The second-order valence-corrected chi connectivity index (χ2v) is 10.3. The lowest BCUT2D eigenvalue weighted by molar-refractivity contribution is -0.138. The van der Waals surface area contributed by atoms with Crippen LogP contribution in [-0.2, 0) is 25.7 Å². The van der Waals surface area contributed by atoms with Crippen molar-refractivity contribution in [2.75, 3.05) is 6.61 Å². The average Bonchev–Trinajstić information content (AvgIpc) is 3.60. The Morgan fingerprint density at radius 1 is 0.923 bits per heavy atom. The van der Waals surface area contributed by atoms with E-state index < -0.39 is 35.7 Å². The molecule has 2 amide bonds. The molecular formula is C31H32N2O6. The third kappa shape index (κ3) is 6.12. The first kappa shape index (κ1) is 26.4. The van der Waals surface area contributed by atoms with Gasteiger partial charge in [-0.3, -0.25) is 9.59 Å². The molecule has 0 saturated heterocycles. The number of hydrogen-bond donors (Lipinski definition) is 3. The molecule has 3 N–H and O–H groups in total. The highest BCUT2D eigenvalue weighted by molar-refractivity contribution is 5.88. The Labute approximate surface area is 227 Å². The van der Waals surface area contributed by atoms with Crippen LogP contribution in [0.3, 0.4) is 0 Å². The van der Waals surface area contributed by atoms with E-state index in [9.17, 15) is 19.5 Å². The summed E-state index contributed by atoms with van der Waals surface area (Å²) in [6.07, 6.45) is -0.471. The molecule has 2 unspecified atom stereocenters. The zero-order valence-corrected chi connectivity index (χ0v) is 21.8. The number of benzene rings is 3. The molecule has 0 aromatic heterocycles. The quantitative estimate of drug-likeness (QED) is 0.335. The van der Waals surface area contributed by atoms with Gasteiger partial charge in [-0.25, -0.2) is 4.79 Å². The van der Waals surface area contributed by atoms with Crippen LogP contribution < -0.4 is 10.6 Å². The van der Waals surface area contributed by atoms with Gasteiger partial charge in [0.15, 0.2) is 0 Å². The van der Waals surface area contributed by atoms with Gasteiger partial charge in [-0.05, 0) is 47.6 Å². The smallest absolute Gasteiger partial charge is 0.407 e. The van der Waals surface area contributed by atoms with Gasteiger partial charge in [-0.1, -0.05) is 78.9 Å². The Kier molecular flexibility index (Phi) is 7.65. The largest absolute Gasteiger partial charge is 0.481 e. The summed E-state index contributed by atoms with van der Waals surface area (Å²) in [7, 11) is 0. The number of amides is 2. The van der Waals surface area contributed by atoms with E-state index in [1.807, 2.05) is 66.7 Å². The molecule has 8 heteroatoms. The van der Waals surface area contributed by atoms with Gasteiger partial charge in [0.05, 0.1) is 24.7 Å². The summed E-state index contributed by atoms with van der Waals surface area (Å²) >= 11 is 0. The predicted molar refractivity (Wildman–Crippen MR) is 145 cm³/mol. The average molecular weight is 529 g/mol. The summed E-state index contributed by atoms with van der Waals surface area (Å²) in [5.41, 5.74) is 4.55. The third-order valence-electron chi connectivity index (χ3n) is 7.46.